The van der Waals surface area contributed by atoms with E-state index in [1.165, 1.54) is 0 Å². The topological polar surface area (TPSA) is 15.8 Å². The normalized spacial score (nSPS) is 10.3. The number of hydrogen-bond acceptors (Lipinski definition) is 0. The van der Waals surface area contributed by atoms with E-state index in [0.29, 0.717) is 0 Å². The summed E-state index contributed by atoms with van der Waals surface area (Å²) >= 11 is 0. The van der Waals surface area contributed by atoms with Crippen LogP contribution < -0.4 is 0 Å². The molecule has 1 heterocycles. The first kappa shape index (κ1) is 18.7. The highest BCUT2D eigenvalue weighted by Gasteiger charge is 2.20. The monoisotopic (exact) mass is 395 g/mol. The predicted molar refractivity (Wildman–Crippen MR) is 130 cm³/mol. The predicted octanol–water partition coefficient (Wildman–Crippen LogP) is 7.42. The molecule has 0 saturated heterocycles. The van der Waals surface area contributed by atoms with Crippen molar-refractivity contribution in [3.05, 3.63) is 132 Å². The average Bonchev–Trinajstić information content (AvgIpc) is 3.24. The molecule has 1 nitrogen and oxygen atoms in total. The molecule has 1 heteroatoms. The van der Waals surface area contributed by atoms with Gasteiger partial charge in [0.15, 0.2) is 0 Å². The van der Waals surface area contributed by atoms with Gasteiger partial charge in [0, 0.05) is 11.1 Å². The molecule has 5 aromatic rings. The molecule has 1 N–H and O–H groups in total. The van der Waals surface area contributed by atoms with Crippen molar-refractivity contribution in [3.8, 4) is 45.5 Å². The summed E-state index contributed by atoms with van der Waals surface area (Å²) in [7, 11) is 0. The molecule has 0 atom stereocenters. The van der Waals surface area contributed by atoms with Gasteiger partial charge in [-0.3, -0.25) is 0 Å². The summed E-state index contributed by atoms with van der Waals surface area (Å²) < 4.78 is 0. The maximum Gasteiger partial charge on any atom is 0.0624 e. The fourth-order valence-electron chi connectivity index (χ4n) is 3.82. The molecule has 0 fully saturated rings. The quantitative estimate of drug-likeness (QED) is 0.306. The minimum atomic E-state index is 1.00. The Kier molecular flexibility index (Phi) is 5.20. The summed E-state index contributed by atoms with van der Waals surface area (Å²) in [4.78, 5) is 3.72. The molecule has 5 rings (SSSR count). The second-order valence-corrected chi connectivity index (χ2v) is 7.34. The lowest BCUT2D eigenvalue weighted by atomic mass is 9.95. The molecule has 0 aliphatic rings. The Labute approximate surface area is 183 Å². The van der Waals surface area contributed by atoms with Crippen LogP contribution >= 0.6 is 0 Å². The summed E-state index contributed by atoms with van der Waals surface area (Å²) in [6, 6.07) is 41.5. The van der Waals surface area contributed by atoms with Gasteiger partial charge in [-0.25, -0.2) is 0 Å². The minimum Gasteiger partial charge on any atom is -0.353 e. The lowest BCUT2D eigenvalue weighted by molar-refractivity contribution is 1.39. The zero-order valence-electron chi connectivity index (χ0n) is 17.0. The van der Waals surface area contributed by atoms with Crippen LogP contribution in [0.2, 0.25) is 0 Å². The minimum absolute atomic E-state index is 1.00. The van der Waals surface area contributed by atoms with Gasteiger partial charge in [-0.2, -0.15) is 0 Å². The largest absolute Gasteiger partial charge is 0.353 e. The first-order valence-electron chi connectivity index (χ1n) is 10.4. The van der Waals surface area contributed by atoms with Crippen molar-refractivity contribution < 1.29 is 0 Å². The highest BCUT2D eigenvalue weighted by Crippen LogP contribution is 2.40. The Hall–Kier alpha value is -4.28. The Morgan fingerprint density at radius 2 is 0.871 bits per heavy atom. The van der Waals surface area contributed by atoms with E-state index < -0.39 is 0 Å². The highest BCUT2D eigenvalue weighted by atomic mass is 14.7. The van der Waals surface area contributed by atoms with Crippen molar-refractivity contribution in [1.82, 2.24) is 4.98 Å². The number of H-pyrrole nitrogens is 1. The Morgan fingerprint density at radius 3 is 1.42 bits per heavy atom. The van der Waals surface area contributed by atoms with Gasteiger partial charge < -0.3 is 4.98 Å². The summed E-state index contributed by atoms with van der Waals surface area (Å²) in [5.41, 5.74) is 8.70. The molecule has 146 valence electrons. The molecule has 31 heavy (non-hydrogen) atoms. The number of hydrogen-bond donors (Lipinski definition) is 1. The molecule has 0 aliphatic carbocycles. The molecule has 0 unspecified atom stereocenters. The third-order valence-corrected chi connectivity index (χ3v) is 5.29. The summed E-state index contributed by atoms with van der Waals surface area (Å²) in [6.45, 7) is 0. The maximum absolute atomic E-state index is 3.72. The second kappa shape index (κ2) is 8.61. The lowest BCUT2D eigenvalue weighted by Crippen LogP contribution is -1.85. The summed E-state index contributed by atoms with van der Waals surface area (Å²) in [5.74, 6) is 6.88. The number of rotatable bonds is 3. The van der Waals surface area contributed by atoms with Crippen LogP contribution in [0.4, 0.5) is 0 Å². The van der Waals surface area contributed by atoms with Crippen LogP contribution in [0.5, 0.6) is 0 Å². The molecule has 1 aromatic heterocycles. The van der Waals surface area contributed by atoms with Crippen LogP contribution in [0.3, 0.4) is 0 Å². The molecule has 0 bridgehead atoms. The molecule has 0 amide bonds. The first-order valence-corrected chi connectivity index (χ1v) is 10.4. The van der Waals surface area contributed by atoms with Crippen molar-refractivity contribution >= 4 is 0 Å². The van der Waals surface area contributed by atoms with Crippen LogP contribution in [0.15, 0.2) is 121 Å². The van der Waals surface area contributed by atoms with E-state index in [2.05, 4.69) is 89.6 Å². The van der Waals surface area contributed by atoms with E-state index >= 15 is 0 Å². The maximum atomic E-state index is 3.72. The van der Waals surface area contributed by atoms with Crippen LogP contribution in [-0.4, -0.2) is 4.98 Å². The highest BCUT2D eigenvalue weighted by molar-refractivity contribution is 5.92. The van der Waals surface area contributed by atoms with Gasteiger partial charge in [0.2, 0.25) is 0 Å². The zero-order chi connectivity index (χ0) is 20.9. The van der Waals surface area contributed by atoms with Gasteiger partial charge in [-0.1, -0.05) is 121 Å². The number of aromatic nitrogens is 1. The van der Waals surface area contributed by atoms with Crippen LogP contribution in [0, 0.1) is 11.8 Å². The molecule has 0 radical (unpaired) electrons. The van der Waals surface area contributed by atoms with Crippen molar-refractivity contribution in [3.63, 3.8) is 0 Å². The third kappa shape index (κ3) is 3.92. The molecular formula is C30H21N. The lowest BCUT2D eigenvalue weighted by Gasteiger charge is -2.06. The smallest absolute Gasteiger partial charge is 0.0624 e. The second-order valence-electron chi connectivity index (χ2n) is 7.34. The van der Waals surface area contributed by atoms with Crippen molar-refractivity contribution in [1.29, 1.82) is 0 Å². The number of aromatic amines is 1. The molecule has 0 aliphatic heterocycles. The van der Waals surface area contributed by atoms with Gasteiger partial charge in [0.25, 0.3) is 0 Å². The molecule has 0 saturated carbocycles. The van der Waals surface area contributed by atoms with Gasteiger partial charge in [-0.15, -0.1) is 0 Å². The van der Waals surface area contributed by atoms with E-state index in [-0.39, 0.29) is 0 Å². The number of nitrogens with one attached hydrogen (secondary N) is 1. The summed E-state index contributed by atoms with van der Waals surface area (Å²) in [5, 5.41) is 0. The fraction of sp³-hybridized carbons (Fsp3) is 0. The van der Waals surface area contributed by atoms with Crippen LogP contribution in [0.25, 0.3) is 33.6 Å². The summed E-state index contributed by atoms with van der Waals surface area (Å²) in [6.07, 6.45) is 0. The Balaban J connectivity index is 1.81. The molecule has 0 spiro atoms. The van der Waals surface area contributed by atoms with Crippen molar-refractivity contribution in [2.24, 2.45) is 0 Å². The van der Waals surface area contributed by atoms with Gasteiger partial charge in [0.05, 0.1) is 17.0 Å². The Morgan fingerprint density at radius 1 is 0.419 bits per heavy atom. The third-order valence-electron chi connectivity index (χ3n) is 5.29. The zero-order valence-corrected chi connectivity index (χ0v) is 17.0. The van der Waals surface area contributed by atoms with Gasteiger partial charge in [-0.05, 0) is 28.8 Å². The van der Waals surface area contributed by atoms with E-state index in [4.69, 9.17) is 0 Å². The van der Waals surface area contributed by atoms with Crippen LogP contribution in [-0.2, 0) is 0 Å². The van der Waals surface area contributed by atoms with Crippen molar-refractivity contribution in [2.75, 3.05) is 0 Å². The SMILES string of the molecule is C(#Cc1c(-c2ccccc2)[nH]c(-c2ccccc2)c1-c1ccccc1)c1ccccc1. The standard InChI is InChI=1S/C30H21N/c1-5-13-23(14-6-1)21-22-27-28(24-15-7-2-8-16-24)30(26-19-11-4-12-20-26)31-29(27)25-17-9-3-10-18-25/h1-20,31H. The van der Waals surface area contributed by atoms with E-state index in [0.717, 1.165) is 44.8 Å². The number of benzene rings is 4. The fourth-order valence-corrected chi connectivity index (χ4v) is 3.82. The van der Waals surface area contributed by atoms with Gasteiger partial charge >= 0.3 is 0 Å². The first-order chi connectivity index (χ1) is 15.4. The molecule has 4 aromatic carbocycles. The van der Waals surface area contributed by atoms with E-state index in [9.17, 15) is 0 Å². The molecular weight excluding hydrogens is 374 g/mol. The van der Waals surface area contributed by atoms with Gasteiger partial charge in [0.1, 0.15) is 0 Å². The van der Waals surface area contributed by atoms with Crippen molar-refractivity contribution in [2.45, 2.75) is 0 Å². The average molecular weight is 396 g/mol. The van der Waals surface area contributed by atoms with E-state index in [1.54, 1.807) is 0 Å². The van der Waals surface area contributed by atoms with E-state index in [1.807, 2.05) is 48.5 Å². The Bertz CT molecular complexity index is 1340. The van der Waals surface area contributed by atoms with Crippen LogP contribution in [0.1, 0.15) is 11.1 Å².